The highest BCUT2D eigenvalue weighted by molar-refractivity contribution is 5.98. The lowest BCUT2D eigenvalue weighted by molar-refractivity contribution is 0.178. The molecule has 110 valence electrons. The van der Waals surface area contributed by atoms with Crippen LogP contribution in [0.1, 0.15) is 37.3 Å². The van der Waals surface area contributed by atoms with Gasteiger partial charge in [-0.15, -0.1) is 0 Å². The third-order valence-corrected chi connectivity index (χ3v) is 4.04. The van der Waals surface area contributed by atoms with Crippen LogP contribution in [0.2, 0.25) is 0 Å². The van der Waals surface area contributed by atoms with Crippen molar-refractivity contribution < 1.29 is 9.60 Å². The summed E-state index contributed by atoms with van der Waals surface area (Å²) >= 11 is 0. The molecule has 1 fully saturated rings. The SMILES string of the molecule is CCN(Cc1ccc(F)cc1/C(N)=N/O)CC1CCC1. The van der Waals surface area contributed by atoms with Gasteiger partial charge in [-0.1, -0.05) is 24.6 Å². The van der Waals surface area contributed by atoms with Gasteiger partial charge >= 0.3 is 0 Å². The first kappa shape index (κ1) is 14.8. The van der Waals surface area contributed by atoms with Crippen LogP contribution in [0.25, 0.3) is 0 Å². The van der Waals surface area contributed by atoms with Gasteiger partial charge in [0.25, 0.3) is 0 Å². The summed E-state index contributed by atoms with van der Waals surface area (Å²) in [5.74, 6) is 0.360. The van der Waals surface area contributed by atoms with Crippen molar-refractivity contribution in [3.63, 3.8) is 0 Å². The number of amidine groups is 1. The zero-order valence-electron chi connectivity index (χ0n) is 11.8. The van der Waals surface area contributed by atoms with Gasteiger partial charge in [-0.3, -0.25) is 4.90 Å². The third-order valence-electron chi connectivity index (χ3n) is 4.04. The van der Waals surface area contributed by atoms with E-state index >= 15 is 0 Å². The van der Waals surface area contributed by atoms with E-state index in [9.17, 15) is 4.39 Å². The van der Waals surface area contributed by atoms with Crippen LogP contribution < -0.4 is 5.73 Å². The average molecular weight is 279 g/mol. The van der Waals surface area contributed by atoms with E-state index in [0.717, 1.165) is 24.6 Å². The second kappa shape index (κ2) is 6.70. The van der Waals surface area contributed by atoms with Crippen molar-refractivity contribution in [3.8, 4) is 0 Å². The third kappa shape index (κ3) is 3.48. The molecule has 0 heterocycles. The quantitative estimate of drug-likeness (QED) is 0.364. The molecule has 1 saturated carbocycles. The fraction of sp³-hybridized carbons (Fsp3) is 0.533. The Morgan fingerprint density at radius 3 is 2.80 bits per heavy atom. The highest BCUT2D eigenvalue weighted by atomic mass is 19.1. The lowest BCUT2D eigenvalue weighted by atomic mass is 9.85. The molecule has 1 aromatic carbocycles. The number of hydrogen-bond acceptors (Lipinski definition) is 3. The molecule has 0 unspecified atom stereocenters. The summed E-state index contributed by atoms with van der Waals surface area (Å²) in [7, 11) is 0. The molecule has 0 radical (unpaired) electrons. The minimum atomic E-state index is -0.377. The second-order valence-electron chi connectivity index (χ2n) is 5.41. The molecule has 0 aromatic heterocycles. The van der Waals surface area contributed by atoms with Gasteiger partial charge in [-0.25, -0.2) is 4.39 Å². The lowest BCUT2D eigenvalue weighted by Gasteiger charge is -2.32. The van der Waals surface area contributed by atoms with Crippen LogP contribution in [-0.2, 0) is 6.54 Å². The zero-order valence-corrected chi connectivity index (χ0v) is 11.8. The van der Waals surface area contributed by atoms with Gasteiger partial charge in [0, 0.05) is 18.7 Å². The first-order valence-electron chi connectivity index (χ1n) is 7.12. The lowest BCUT2D eigenvalue weighted by Crippen LogP contribution is -2.32. The number of rotatable bonds is 6. The van der Waals surface area contributed by atoms with E-state index in [2.05, 4.69) is 17.0 Å². The summed E-state index contributed by atoms with van der Waals surface area (Å²) in [6.07, 6.45) is 3.92. The fourth-order valence-electron chi connectivity index (χ4n) is 2.57. The Morgan fingerprint density at radius 2 is 2.25 bits per heavy atom. The second-order valence-corrected chi connectivity index (χ2v) is 5.41. The highest BCUT2D eigenvalue weighted by Crippen LogP contribution is 2.27. The number of hydrogen-bond donors (Lipinski definition) is 2. The number of oxime groups is 1. The summed E-state index contributed by atoms with van der Waals surface area (Å²) < 4.78 is 13.3. The van der Waals surface area contributed by atoms with E-state index < -0.39 is 0 Å². The monoisotopic (exact) mass is 279 g/mol. The summed E-state index contributed by atoms with van der Waals surface area (Å²) in [6.45, 7) is 4.80. The molecular weight excluding hydrogens is 257 g/mol. The summed E-state index contributed by atoms with van der Waals surface area (Å²) in [6, 6.07) is 4.45. The molecule has 5 heteroatoms. The molecule has 1 aromatic rings. The number of nitrogens with zero attached hydrogens (tertiary/aromatic N) is 2. The summed E-state index contributed by atoms with van der Waals surface area (Å²) in [5.41, 5.74) is 7.00. The molecule has 0 aliphatic heterocycles. The molecule has 0 saturated heterocycles. The molecule has 0 atom stereocenters. The van der Waals surface area contributed by atoms with E-state index in [1.807, 2.05) is 0 Å². The van der Waals surface area contributed by atoms with Crippen molar-refractivity contribution in [3.05, 3.63) is 35.1 Å². The molecule has 4 nitrogen and oxygen atoms in total. The minimum Gasteiger partial charge on any atom is -0.409 e. The number of benzene rings is 1. The summed E-state index contributed by atoms with van der Waals surface area (Å²) in [4.78, 5) is 2.32. The van der Waals surface area contributed by atoms with Gasteiger partial charge in [-0.2, -0.15) is 0 Å². The maximum absolute atomic E-state index is 13.3. The van der Waals surface area contributed by atoms with Crippen LogP contribution in [0, 0.1) is 11.7 Å². The van der Waals surface area contributed by atoms with Crippen molar-refractivity contribution in [1.82, 2.24) is 4.90 Å². The van der Waals surface area contributed by atoms with Gasteiger partial charge in [0.2, 0.25) is 0 Å². The Bertz CT molecular complexity index is 486. The number of halogens is 1. The maximum Gasteiger partial charge on any atom is 0.170 e. The maximum atomic E-state index is 13.3. The predicted octanol–water partition coefficient (Wildman–Crippen LogP) is 2.54. The van der Waals surface area contributed by atoms with E-state index in [1.54, 1.807) is 6.07 Å². The molecule has 2 rings (SSSR count). The normalized spacial score (nSPS) is 16.4. The average Bonchev–Trinajstić information content (AvgIpc) is 2.41. The largest absolute Gasteiger partial charge is 0.409 e. The van der Waals surface area contributed by atoms with Crippen LogP contribution >= 0.6 is 0 Å². The molecule has 0 spiro atoms. The van der Waals surface area contributed by atoms with E-state index in [0.29, 0.717) is 12.1 Å². The van der Waals surface area contributed by atoms with E-state index in [4.69, 9.17) is 10.9 Å². The Labute approximate surface area is 119 Å². The molecule has 20 heavy (non-hydrogen) atoms. The molecule has 1 aliphatic carbocycles. The van der Waals surface area contributed by atoms with Crippen molar-refractivity contribution >= 4 is 5.84 Å². The van der Waals surface area contributed by atoms with Crippen molar-refractivity contribution in [1.29, 1.82) is 0 Å². The van der Waals surface area contributed by atoms with Crippen LogP contribution in [0.5, 0.6) is 0 Å². The molecule has 0 bridgehead atoms. The van der Waals surface area contributed by atoms with E-state index in [-0.39, 0.29) is 11.7 Å². The minimum absolute atomic E-state index is 0.0424. The molecular formula is C15H22FN3O. The first-order valence-corrected chi connectivity index (χ1v) is 7.12. The van der Waals surface area contributed by atoms with Crippen LogP contribution in [-0.4, -0.2) is 29.0 Å². The Balaban J connectivity index is 2.13. The van der Waals surface area contributed by atoms with Gasteiger partial charge < -0.3 is 10.9 Å². The fourth-order valence-corrected chi connectivity index (χ4v) is 2.57. The predicted molar refractivity (Wildman–Crippen MR) is 77.2 cm³/mol. The molecule has 3 N–H and O–H groups in total. The van der Waals surface area contributed by atoms with Crippen LogP contribution in [0.15, 0.2) is 23.4 Å². The van der Waals surface area contributed by atoms with Crippen molar-refractivity contribution in [2.75, 3.05) is 13.1 Å². The van der Waals surface area contributed by atoms with E-state index in [1.165, 1.54) is 31.4 Å². The summed E-state index contributed by atoms with van der Waals surface area (Å²) in [5, 5.41) is 11.8. The van der Waals surface area contributed by atoms with Gasteiger partial charge in [0.1, 0.15) is 5.82 Å². The van der Waals surface area contributed by atoms with Crippen LogP contribution in [0.3, 0.4) is 0 Å². The van der Waals surface area contributed by atoms with Gasteiger partial charge in [0.05, 0.1) is 0 Å². The van der Waals surface area contributed by atoms with Gasteiger partial charge in [0.15, 0.2) is 5.84 Å². The molecule has 0 amide bonds. The zero-order chi connectivity index (χ0) is 14.5. The highest BCUT2D eigenvalue weighted by Gasteiger charge is 2.21. The standard InChI is InChI=1S/C15H22FN3O/c1-2-19(9-11-4-3-5-11)10-12-6-7-13(16)8-14(12)15(17)18-20/h6-8,11,20H,2-5,9-10H2,1H3,(H2,17,18). The van der Waals surface area contributed by atoms with Crippen LogP contribution in [0.4, 0.5) is 4.39 Å². The van der Waals surface area contributed by atoms with Crippen molar-refractivity contribution in [2.45, 2.75) is 32.7 Å². The Morgan fingerprint density at radius 1 is 1.50 bits per heavy atom. The smallest absolute Gasteiger partial charge is 0.170 e. The number of nitrogens with two attached hydrogens (primary N) is 1. The Kier molecular flexibility index (Phi) is 4.95. The van der Waals surface area contributed by atoms with Gasteiger partial charge in [-0.05, 0) is 43.0 Å². The van der Waals surface area contributed by atoms with Crippen molar-refractivity contribution in [2.24, 2.45) is 16.8 Å². The molecule has 1 aliphatic rings. The Hall–Kier alpha value is -1.62. The topological polar surface area (TPSA) is 61.8 Å². The first-order chi connectivity index (χ1) is 9.63.